The van der Waals surface area contributed by atoms with Crippen molar-refractivity contribution in [1.29, 1.82) is 0 Å². The summed E-state index contributed by atoms with van der Waals surface area (Å²) in [6.45, 7) is 5.24. The molecule has 0 radical (unpaired) electrons. The van der Waals surface area contributed by atoms with Gasteiger partial charge in [-0.25, -0.2) is 0 Å². The second-order valence-electron chi connectivity index (χ2n) is 4.71. The minimum absolute atomic E-state index is 0.473. The van der Waals surface area contributed by atoms with Crippen LogP contribution in [0.2, 0.25) is 0 Å². The minimum Gasteiger partial charge on any atom is -0.378 e. The molecule has 1 aromatic rings. The van der Waals surface area contributed by atoms with Crippen LogP contribution >= 0.6 is 11.8 Å². The molecule has 0 spiro atoms. The fourth-order valence-electron chi connectivity index (χ4n) is 1.92. The number of ether oxygens (including phenoxy) is 1. The van der Waals surface area contributed by atoms with E-state index in [9.17, 15) is 0 Å². The monoisotopic (exact) mass is 236 g/mol. The van der Waals surface area contributed by atoms with Crippen molar-refractivity contribution in [2.24, 2.45) is 5.92 Å². The first-order valence-corrected chi connectivity index (χ1v) is 7.03. The van der Waals surface area contributed by atoms with Gasteiger partial charge in [-0.2, -0.15) is 0 Å². The van der Waals surface area contributed by atoms with E-state index in [4.69, 9.17) is 4.74 Å². The molecule has 2 rings (SSSR count). The highest BCUT2D eigenvalue weighted by Gasteiger charge is 2.18. The first-order chi connectivity index (χ1) is 7.74. The molecule has 0 aliphatic carbocycles. The molecular formula is C14H20OS. The van der Waals surface area contributed by atoms with Crippen molar-refractivity contribution in [2.75, 3.05) is 12.4 Å². The summed E-state index contributed by atoms with van der Waals surface area (Å²) in [5.41, 5.74) is 1.33. The van der Waals surface area contributed by atoms with Gasteiger partial charge in [0.15, 0.2) is 0 Å². The van der Waals surface area contributed by atoms with Crippen LogP contribution in [-0.4, -0.2) is 18.5 Å². The molecule has 0 bridgehead atoms. The molecule has 0 saturated carbocycles. The molecule has 1 aliphatic rings. The SMILES string of the molecule is Cc1ccc(SCC2CCC(C)OC2)cc1. The predicted molar refractivity (Wildman–Crippen MR) is 70.0 cm³/mol. The lowest BCUT2D eigenvalue weighted by molar-refractivity contribution is 0.00156. The van der Waals surface area contributed by atoms with Crippen molar-refractivity contribution in [3.8, 4) is 0 Å². The number of hydrogen-bond donors (Lipinski definition) is 0. The van der Waals surface area contributed by atoms with E-state index in [0.717, 1.165) is 12.5 Å². The third-order valence-electron chi connectivity index (χ3n) is 3.10. The lowest BCUT2D eigenvalue weighted by atomic mass is 10.0. The van der Waals surface area contributed by atoms with Crippen molar-refractivity contribution in [2.45, 2.75) is 37.7 Å². The van der Waals surface area contributed by atoms with Crippen LogP contribution in [0.15, 0.2) is 29.2 Å². The van der Waals surface area contributed by atoms with Crippen molar-refractivity contribution < 1.29 is 4.74 Å². The van der Waals surface area contributed by atoms with Gasteiger partial charge in [0, 0.05) is 10.6 Å². The highest BCUT2D eigenvalue weighted by molar-refractivity contribution is 7.99. The maximum absolute atomic E-state index is 5.68. The molecule has 1 fully saturated rings. The number of aryl methyl sites for hydroxylation is 1. The molecule has 1 aromatic carbocycles. The molecule has 0 amide bonds. The van der Waals surface area contributed by atoms with Gasteiger partial charge >= 0.3 is 0 Å². The van der Waals surface area contributed by atoms with Crippen LogP contribution < -0.4 is 0 Å². The van der Waals surface area contributed by atoms with Crippen molar-refractivity contribution in [3.63, 3.8) is 0 Å². The molecule has 1 nitrogen and oxygen atoms in total. The quantitative estimate of drug-likeness (QED) is 0.736. The molecule has 0 aromatic heterocycles. The summed E-state index contributed by atoms with van der Waals surface area (Å²) in [6, 6.07) is 8.79. The van der Waals surface area contributed by atoms with Gasteiger partial charge < -0.3 is 4.74 Å². The predicted octanol–water partition coefficient (Wildman–Crippen LogP) is 3.90. The second-order valence-corrected chi connectivity index (χ2v) is 5.80. The Morgan fingerprint density at radius 2 is 2.00 bits per heavy atom. The van der Waals surface area contributed by atoms with E-state index >= 15 is 0 Å². The fraction of sp³-hybridized carbons (Fsp3) is 0.571. The van der Waals surface area contributed by atoms with E-state index in [-0.39, 0.29) is 0 Å². The van der Waals surface area contributed by atoms with Crippen molar-refractivity contribution >= 4 is 11.8 Å². The maximum Gasteiger partial charge on any atom is 0.0547 e. The van der Waals surface area contributed by atoms with Gasteiger partial charge in [0.05, 0.1) is 12.7 Å². The Labute approximate surface area is 103 Å². The van der Waals surface area contributed by atoms with Gasteiger partial charge in [0.25, 0.3) is 0 Å². The lowest BCUT2D eigenvalue weighted by Crippen LogP contribution is -2.24. The van der Waals surface area contributed by atoms with Crippen LogP contribution in [0.3, 0.4) is 0 Å². The van der Waals surface area contributed by atoms with Gasteiger partial charge in [-0.1, -0.05) is 17.7 Å². The second kappa shape index (κ2) is 5.74. The van der Waals surface area contributed by atoms with Crippen molar-refractivity contribution in [1.82, 2.24) is 0 Å². The first-order valence-electron chi connectivity index (χ1n) is 6.05. The Balaban J connectivity index is 1.77. The normalized spacial score (nSPS) is 25.6. The molecule has 2 heteroatoms. The summed E-state index contributed by atoms with van der Waals surface area (Å²) in [5.74, 6) is 1.93. The topological polar surface area (TPSA) is 9.23 Å². The minimum atomic E-state index is 0.473. The van der Waals surface area contributed by atoms with Gasteiger partial charge in [0.1, 0.15) is 0 Å². The average molecular weight is 236 g/mol. The molecule has 2 atom stereocenters. The number of hydrogen-bond acceptors (Lipinski definition) is 2. The highest BCUT2D eigenvalue weighted by Crippen LogP contribution is 2.26. The third kappa shape index (κ3) is 3.53. The zero-order valence-electron chi connectivity index (χ0n) is 10.1. The van der Waals surface area contributed by atoms with E-state index in [0.29, 0.717) is 6.10 Å². The Morgan fingerprint density at radius 1 is 1.25 bits per heavy atom. The average Bonchev–Trinajstić information content (AvgIpc) is 2.30. The van der Waals surface area contributed by atoms with Crippen LogP contribution in [0.1, 0.15) is 25.3 Å². The molecular weight excluding hydrogens is 216 g/mol. The van der Waals surface area contributed by atoms with Crippen LogP contribution in [-0.2, 0) is 4.74 Å². The van der Waals surface area contributed by atoms with E-state index in [1.165, 1.54) is 29.1 Å². The highest BCUT2D eigenvalue weighted by atomic mass is 32.2. The molecule has 1 saturated heterocycles. The molecule has 1 aliphatic heterocycles. The van der Waals surface area contributed by atoms with Gasteiger partial charge in [-0.15, -0.1) is 11.8 Å². The molecule has 16 heavy (non-hydrogen) atoms. The lowest BCUT2D eigenvalue weighted by Gasteiger charge is -2.26. The van der Waals surface area contributed by atoms with Crippen LogP contribution in [0, 0.1) is 12.8 Å². The van der Waals surface area contributed by atoms with Gasteiger partial charge in [-0.3, -0.25) is 0 Å². The summed E-state index contributed by atoms with van der Waals surface area (Å²) in [6.07, 6.45) is 3.01. The Morgan fingerprint density at radius 3 is 2.62 bits per heavy atom. The number of rotatable bonds is 3. The zero-order chi connectivity index (χ0) is 11.4. The number of thioether (sulfide) groups is 1. The van der Waals surface area contributed by atoms with E-state index in [1.807, 2.05) is 11.8 Å². The standard InChI is InChI=1S/C14H20OS/c1-11-3-7-14(8-4-11)16-10-13-6-5-12(2)15-9-13/h3-4,7-8,12-13H,5-6,9-10H2,1-2H3. The summed E-state index contributed by atoms with van der Waals surface area (Å²) in [7, 11) is 0. The summed E-state index contributed by atoms with van der Waals surface area (Å²) >= 11 is 1.96. The summed E-state index contributed by atoms with van der Waals surface area (Å²) < 4.78 is 5.68. The Hall–Kier alpha value is -0.470. The van der Waals surface area contributed by atoms with Crippen LogP contribution in [0.25, 0.3) is 0 Å². The molecule has 88 valence electrons. The number of benzene rings is 1. The fourth-order valence-corrected chi connectivity index (χ4v) is 2.94. The molecule has 1 heterocycles. The maximum atomic E-state index is 5.68. The summed E-state index contributed by atoms with van der Waals surface area (Å²) in [5, 5.41) is 0. The van der Waals surface area contributed by atoms with Crippen LogP contribution in [0.5, 0.6) is 0 Å². The van der Waals surface area contributed by atoms with Crippen LogP contribution in [0.4, 0.5) is 0 Å². The van der Waals surface area contributed by atoms with Gasteiger partial charge in [0.2, 0.25) is 0 Å². The first kappa shape index (κ1) is 12.0. The van der Waals surface area contributed by atoms with E-state index < -0.39 is 0 Å². The zero-order valence-corrected chi connectivity index (χ0v) is 10.9. The van der Waals surface area contributed by atoms with Gasteiger partial charge in [-0.05, 0) is 44.7 Å². The third-order valence-corrected chi connectivity index (χ3v) is 4.35. The smallest absolute Gasteiger partial charge is 0.0547 e. The molecule has 0 N–H and O–H groups in total. The Kier molecular flexibility index (Phi) is 4.30. The van der Waals surface area contributed by atoms with E-state index in [2.05, 4.69) is 38.1 Å². The van der Waals surface area contributed by atoms with E-state index in [1.54, 1.807) is 0 Å². The summed E-state index contributed by atoms with van der Waals surface area (Å²) in [4.78, 5) is 1.38. The molecule has 2 unspecified atom stereocenters. The van der Waals surface area contributed by atoms with Crippen molar-refractivity contribution in [3.05, 3.63) is 29.8 Å². The largest absolute Gasteiger partial charge is 0.378 e. The Bertz CT molecular complexity index is 312.